The summed E-state index contributed by atoms with van der Waals surface area (Å²) >= 11 is 0. The van der Waals surface area contributed by atoms with E-state index in [0.717, 1.165) is 5.69 Å². The standard InChI is InChI=1S/C17H23N3/c18-17-19-13-16(14-9-5-4-6-10-14)20(17)15-11-7-2-1-3-8-12-15/h4-6,9-10,13,15H,1-3,7-8,11-12H2,(H2,18,19). The van der Waals surface area contributed by atoms with Crippen LogP contribution in [0.2, 0.25) is 0 Å². The van der Waals surface area contributed by atoms with Crippen molar-refractivity contribution in [1.82, 2.24) is 9.55 Å². The number of hydrogen-bond donors (Lipinski definition) is 1. The molecule has 1 fully saturated rings. The Balaban J connectivity index is 1.93. The molecule has 106 valence electrons. The molecule has 1 aliphatic rings. The third-order valence-electron chi connectivity index (χ3n) is 4.33. The first kappa shape index (κ1) is 13.2. The molecule has 1 aliphatic carbocycles. The van der Waals surface area contributed by atoms with Crippen LogP contribution in [0.1, 0.15) is 51.0 Å². The minimum atomic E-state index is 0.507. The van der Waals surface area contributed by atoms with Crippen molar-refractivity contribution < 1.29 is 0 Å². The largest absolute Gasteiger partial charge is 0.369 e. The predicted octanol–water partition coefficient (Wildman–Crippen LogP) is 4.42. The first-order valence-corrected chi connectivity index (χ1v) is 7.74. The van der Waals surface area contributed by atoms with Gasteiger partial charge in [-0.2, -0.15) is 0 Å². The van der Waals surface area contributed by atoms with Crippen LogP contribution in [0.15, 0.2) is 36.5 Å². The quantitative estimate of drug-likeness (QED) is 0.877. The maximum absolute atomic E-state index is 6.15. The van der Waals surface area contributed by atoms with E-state index in [-0.39, 0.29) is 0 Å². The normalized spacial score (nSPS) is 17.6. The summed E-state index contributed by atoms with van der Waals surface area (Å²) in [5, 5.41) is 0. The van der Waals surface area contributed by atoms with E-state index in [4.69, 9.17) is 5.73 Å². The number of imidazole rings is 1. The fourth-order valence-electron chi connectivity index (χ4n) is 3.27. The molecule has 0 bridgehead atoms. The first-order chi connectivity index (χ1) is 9.86. The van der Waals surface area contributed by atoms with Crippen molar-refractivity contribution >= 4 is 5.95 Å². The molecular formula is C17H23N3. The van der Waals surface area contributed by atoms with Crippen LogP contribution in [-0.2, 0) is 0 Å². The molecule has 2 N–H and O–H groups in total. The van der Waals surface area contributed by atoms with Crippen LogP contribution in [0.4, 0.5) is 5.95 Å². The van der Waals surface area contributed by atoms with Gasteiger partial charge in [0, 0.05) is 6.04 Å². The molecule has 0 spiro atoms. The monoisotopic (exact) mass is 269 g/mol. The van der Waals surface area contributed by atoms with Crippen LogP contribution < -0.4 is 5.73 Å². The number of benzene rings is 1. The zero-order chi connectivity index (χ0) is 13.8. The fraction of sp³-hybridized carbons (Fsp3) is 0.471. The highest BCUT2D eigenvalue weighted by Gasteiger charge is 2.19. The minimum absolute atomic E-state index is 0.507. The maximum Gasteiger partial charge on any atom is 0.200 e. The molecule has 3 rings (SSSR count). The average Bonchev–Trinajstić information content (AvgIpc) is 2.82. The lowest BCUT2D eigenvalue weighted by molar-refractivity contribution is 0.377. The summed E-state index contributed by atoms with van der Waals surface area (Å²) in [7, 11) is 0. The van der Waals surface area contributed by atoms with Crippen LogP contribution in [0, 0.1) is 0 Å². The van der Waals surface area contributed by atoms with Crippen LogP contribution in [0.3, 0.4) is 0 Å². The summed E-state index contributed by atoms with van der Waals surface area (Å²) in [5.41, 5.74) is 8.52. The SMILES string of the molecule is Nc1ncc(-c2ccccc2)n1C1CCCCCCC1. The Hall–Kier alpha value is -1.77. The van der Waals surface area contributed by atoms with Gasteiger partial charge in [-0.25, -0.2) is 4.98 Å². The van der Waals surface area contributed by atoms with E-state index >= 15 is 0 Å². The Kier molecular flexibility index (Phi) is 4.05. The van der Waals surface area contributed by atoms with Gasteiger partial charge in [-0.05, 0) is 18.4 Å². The molecule has 0 atom stereocenters. The highest BCUT2D eigenvalue weighted by Crippen LogP contribution is 2.33. The van der Waals surface area contributed by atoms with E-state index in [1.807, 2.05) is 12.3 Å². The van der Waals surface area contributed by atoms with E-state index in [0.29, 0.717) is 12.0 Å². The van der Waals surface area contributed by atoms with Gasteiger partial charge in [-0.1, -0.05) is 62.4 Å². The van der Waals surface area contributed by atoms with Gasteiger partial charge >= 0.3 is 0 Å². The van der Waals surface area contributed by atoms with Gasteiger partial charge in [-0.15, -0.1) is 0 Å². The molecule has 3 nitrogen and oxygen atoms in total. The predicted molar refractivity (Wildman–Crippen MR) is 83.4 cm³/mol. The molecule has 0 saturated heterocycles. The van der Waals surface area contributed by atoms with Crippen LogP contribution >= 0.6 is 0 Å². The molecule has 1 aromatic heterocycles. The Morgan fingerprint density at radius 1 is 0.950 bits per heavy atom. The molecule has 1 aromatic carbocycles. The lowest BCUT2D eigenvalue weighted by atomic mass is 9.96. The number of anilines is 1. The number of nitrogens with two attached hydrogens (primary N) is 1. The summed E-state index contributed by atoms with van der Waals surface area (Å²) in [6.45, 7) is 0. The maximum atomic E-state index is 6.15. The van der Waals surface area contributed by atoms with E-state index in [9.17, 15) is 0 Å². The topological polar surface area (TPSA) is 43.8 Å². The van der Waals surface area contributed by atoms with Gasteiger partial charge in [0.2, 0.25) is 5.95 Å². The number of hydrogen-bond acceptors (Lipinski definition) is 2. The van der Waals surface area contributed by atoms with Crippen LogP contribution in [0.25, 0.3) is 11.3 Å². The van der Waals surface area contributed by atoms with Crippen molar-refractivity contribution in [1.29, 1.82) is 0 Å². The number of aromatic nitrogens is 2. The van der Waals surface area contributed by atoms with Gasteiger partial charge in [-0.3, -0.25) is 0 Å². The van der Waals surface area contributed by atoms with Gasteiger partial charge in [0.1, 0.15) is 0 Å². The second-order valence-corrected chi connectivity index (χ2v) is 5.74. The molecule has 20 heavy (non-hydrogen) atoms. The molecule has 3 heteroatoms. The molecule has 1 saturated carbocycles. The third kappa shape index (κ3) is 2.72. The molecule has 2 aromatic rings. The fourth-order valence-corrected chi connectivity index (χ4v) is 3.27. The minimum Gasteiger partial charge on any atom is -0.369 e. The molecule has 1 heterocycles. The number of nitrogen functional groups attached to an aromatic ring is 1. The Morgan fingerprint density at radius 3 is 2.30 bits per heavy atom. The smallest absolute Gasteiger partial charge is 0.200 e. The van der Waals surface area contributed by atoms with Crippen molar-refractivity contribution in [2.24, 2.45) is 0 Å². The number of rotatable bonds is 2. The van der Waals surface area contributed by atoms with Crippen molar-refractivity contribution in [3.05, 3.63) is 36.5 Å². The zero-order valence-corrected chi connectivity index (χ0v) is 12.0. The second kappa shape index (κ2) is 6.12. The van der Waals surface area contributed by atoms with Crippen molar-refractivity contribution in [2.75, 3.05) is 5.73 Å². The van der Waals surface area contributed by atoms with Gasteiger partial charge in [0.25, 0.3) is 0 Å². The van der Waals surface area contributed by atoms with Gasteiger partial charge in [0.05, 0.1) is 11.9 Å². The zero-order valence-electron chi connectivity index (χ0n) is 12.0. The first-order valence-electron chi connectivity index (χ1n) is 7.74. The van der Waals surface area contributed by atoms with Crippen LogP contribution in [0.5, 0.6) is 0 Å². The van der Waals surface area contributed by atoms with E-state index < -0.39 is 0 Å². The second-order valence-electron chi connectivity index (χ2n) is 5.74. The summed E-state index contributed by atoms with van der Waals surface area (Å²) in [6, 6.07) is 11.0. The average molecular weight is 269 g/mol. The number of nitrogens with zero attached hydrogens (tertiary/aromatic N) is 2. The molecule has 0 radical (unpaired) electrons. The molecule has 0 unspecified atom stereocenters. The summed E-state index contributed by atoms with van der Waals surface area (Å²) in [6.07, 6.45) is 11.1. The van der Waals surface area contributed by atoms with Gasteiger partial charge in [0.15, 0.2) is 0 Å². The molecule has 0 aliphatic heterocycles. The van der Waals surface area contributed by atoms with Crippen molar-refractivity contribution in [2.45, 2.75) is 51.0 Å². The van der Waals surface area contributed by atoms with E-state index in [1.165, 1.54) is 50.5 Å². The van der Waals surface area contributed by atoms with Crippen molar-refractivity contribution in [3.63, 3.8) is 0 Å². The van der Waals surface area contributed by atoms with Crippen molar-refractivity contribution in [3.8, 4) is 11.3 Å². The summed E-state index contributed by atoms with van der Waals surface area (Å²) in [5.74, 6) is 0.662. The lowest BCUT2D eigenvalue weighted by Crippen LogP contribution is -2.14. The van der Waals surface area contributed by atoms with E-state index in [1.54, 1.807) is 0 Å². The van der Waals surface area contributed by atoms with Gasteiger partial charge < -0.3 is 10.3 Å². The molecule has 0 amide bonds. The third-order valence-corrected chi connectivity index (χ3v) is 4.33. The molecular weight excluding hydrogens is 246 g/mol. The Morgan fingerprint density at radius 2 is 1.60 bits per heavy atom. The highest BCUT2D eigenvalue weighted by molar-refractivity contribution is 5.61. The summed E-state index contributed by atoms with van der Waals surface area (Å²) in [4.78, 5) is 4.36. The Bertz CT molecular complexity index is 537. The lowest BCUT2D eigenvalue weighted by Gasteiger charge is -2.24. The van der Waals surface area contributed by atoms with E-state index in [2.05, 4.69) is 33.8 Å². The van der Waals surface area contributed by atoms with Crippen LogP contribution in [-0.4, -0.2) is 9.55 Å². The summed E-state index contributed by atoms with van der Waals surface area (Å²) < 4.78 is 2.26. The Labute approximate surface area is 120 Å². The highest BCUT2D eigenvalue weighted by atomic mass is 15.2.